The first-order valence-corrected chi connectivity index (χ1v) is 2.84. The number of hydrogen-bond acceptors (Lipinski definition) is 0. The van der Waals surface area contributed by atoms with E-state index < -0.39 is 0 Å². The quantitative estimate of drug-likeness (QED) is 0.320. The number of rotatable bonds is 0. The Morgan fingerprint density at radius 3 is 2.40 bits per heavy atom. The van der Waals surface area contributed by atoms with Gasteiger partial charge in [-0.1, -0.05) is 13.8 Å². The summed E-state index contributed by atoms with van der Waals surface area (Å²) in [5, 5.41) is 0. The zero-order valence-electron chi connectivity index (χ0n) is 6.53. The molecule has 0 aliphatic rings. The van der Waals surface area contributed by atoms with Crippen molar-refractivity contribution in [3.63, 3.8) is 0 Å². The molecule has 0 radical (unpaired) electrons. The Balaban J connectivity index is 0.000000810. The Hall–Kier alpha value is -0.253. The van der Waals surface area contributed by atoms with Crippen LogP contribution < -0.4 is 18.9 Å². The van der Waals surface area contributed by atoms with Crippen LogP contribution in [0.5, 0.6) is 0 Å². The molecule has 48 valence electrons. The zero-order valence-corrected chi connectivity index (χ0v) is 6.53. The summed E-state index contributed by atoms with van der Waals surface area (Å²) < 4.78 is 12.4. The van der Waals surface area contributed by atoms with E-state index in [1.54, 1.807) is 19.1 Å². The van der Waals surface area contributed by atoms with Crippen molar-refractivity contribution in [1.29, 1.82) is 0 Å². The van der Waals surface area contributed by atoms with Gasteiger partial charge in [0.05, 0.1) is 0 Å². The van der Waals surface area contributed by atoms with Gasteiger partial charge in [-0.25, -0.2) is 4.39 Å². The van der Waals surface area contributed by atoms with Crippen LogP contribution in [-0.4, -0.2) is 0 Å². The van der Waals surface area contributed by atoms with E-state index in [9.17, 15) is 4.39 Å². The minimum absolute atomic E-state index is 0. The Morgan fingerprint density at radius 2 is 2.00 bits per heavy atom. The molecule has 0 atom stereocenters. The van der Waals surface area contributed by atoms with Gasteiger partial charge in [-0.05, 0) is 0 Å². The molecule has 1 aromatic carbocycles. The van der Waals surface area contributed by atoms with Crippen molar-refractivity contribution >= 4 is 0 Å². The normalized spacial score (nSPS) is 8.70. The summed E-state index contributed by atoms with van der Waals surface area (Å²) in [6.07, 6.45) is 0. The summed E-state index contributed by atoms with van der Waals surface area (Å²) in [4.78, 5) is 0. The van der Waals surface area contributed by atoms with E-state index in [0.717, 1.165) is 5.56 Å². The van der Waals surface area contributed by atoms with Crippen LogP contribution in [0, 0.1) is 25.7 Å². The van der Waals surface area contributed by atoms with E-state index in [0.29, 0.717) is 5.56 Å². The first-order valence-electron chi connectivity index (χ1n) is 2.84. The summed E-state index contributed by atoms with van der Waals surface area (Å²) in [5.74, 6) is -0.249. The monoisotopic (exact) mass is 130 g/mol. The second-order valence-corrected chi connectivity index (χ2v) is 2.17. The topological polar surface area (TPSA) is 0 Å². The van der Waals surface area contributed by atoms with Gasteiger partial charge in [0.1, 0.15) is 0 Å². The van der Waals surface area contributed by atoms with Crippen LogP contribution in [0.25, 0.3) is 0 Å². The Morgan fingerprint density at radius 1 is 1.40 bits per heavy atom. The van der Waals surface area contributed by atoms with Crippen molar-refractivity contribution in [3.8, 4) is 0 Å². The molecule has 0 aromatic heterocycles. The van der Waals surface area contributed by atoms with E-state index in [-0.39, 0.29) is 24.7 Å². The van der Waals surface area contributed by atoms with Crippen LogP contribution >= 0.6 is 0 Å². The largest absolute Gasteiger partial charge is 1.00 e. The van der Waals surface area contributed by atoms with Crippen molar-refractivity contribution in [3.05, 3.63) is 35.1 Å². The van der Waals surface area contributed by atoms with Gasteiger partial charge in [-0.3, -0.25) is 0 Å². The Bertz CT molecular complexity index is 220. The summed E-state index contributed by atoms with van der Waals surface area (Å²) in [6, 6.07) is 5.94. The molecule has 0 aliphatic carbocycles. The molecule has 0 saturated heterocycles. The third kappa shape index (κ3) is 2.17. The van der Waals surface area contributed by atoms with Crippen molar-refractivity contribution in [1.82, 2.24) is 0 Å². The average molecular weight is 130 g/mol. The molecule has 0 nitrogen and oxygen atoms in total. The zero-order chi connectivity index (χ0) is 6.85. The van der Waals surface area contributed by atoms with Crippen LogP contribution in [0.1, 0.15) is 11.1 Å². The smallest absolute Gasteiger partial charge is 0.236 e. The summed E-state index contributed by atoms with van der Waals surface area (Å²) in [5.41, 5.74) is 1.71. The van der Waals surface area contributed by atoms with Gasteiger partial charge in [-0.2, -0.15) is 17.7 Å². The number of hydrogen-bond donors (Lipinski definition) is 0. The van der Waals surface area contributed by atoms with Gasteiger partial charge in [0, 0.05) is 5.82 Å². The molecule has 0 fully saturated rings. The number of benzene rings is 1. The van der Waals surface area contributed by atoms with Crippen LogP contribution in [0.4, 0.5) is 4.39 Å². The van der Waals surface area contributed by atoms with E-state index in [4.69, 9.17) is 0 Å². The molecule has 0 bridgehead atoms. The van der Waals surface area contributed by atoms with E-state index >= 15 is 0 Å². The maximum Gasteiger partial charge on any atom is 1.00 e. The molecular weight excluding hydrogens is 122 g/mol. The Labute approximate surface area is 72.6 Å². The molecule has 10 heavy (non-hydrogen) atoms. The Kier molecular flexibility index (Phi) is 3.71. The third-order valence-electron chi connectivity index (χ3n) is 1.22. The first kappa shape index (κ1) is 9.75. The van der Waals surface area contributed by atoms with E-state index in [1.165, 1.54) is 0 Å². The number of halogens is 1. The molecule has 0 amide bonds. The fraction of sp³-hybridized carbons (Fsp3) is 0.250. The van der Waals surface area contributed by atoms with Gasteiger partial charge in [0.25, 0.3) is 0 Å². The summed E-state index contributed by atoms with van der Waals surface area (Å²) >= 11 is 0. The van der Waals surface area contributed by atoms with Crippen LogP contribution in [0.3, 0.4) is 0 Å². The van der Waals surface area contributed by atoms with E-state index in [1.807, 2.05) is 6.92 Å². The first-order chi connectivity index (χ1) is 4.20. The van der Waals surface area contributed by atoms with Crippen molar-refractivity contribution < 1.29 is 23.3 Å². The fourth-order valence-electron chi connectivity index (χ4n) is 0.738. The maximum absolute atomic E-state index is 12.4. The van der Waals surface area contributed by atoms with Crippen LogP contribution in [0.15, 0.2) is 12.1 Å². The second kappa shape index (κ2) is 3.80. The standard InChI is InChI=1S/C8H8F.Li/c1-6-3-4-8(9)7(2)5-6;/h3,5H,1-2H3;/q-1;+1. The molecule has 0 saturated carbocycles. The second-order valence-electron chi connectivity index (χ2n) is 2.17. The van der Waals surface area contributed by atoms with Gasteiger partial charge in [0.2, 0.25) is 0 Å². The molecule has 1 aromatic rings. The molecule has 0 spiro atoms. The molecule has 0 heterocycles. The SMILES string of the molecule is Cc1c[c-]c(F)c(C)c1.[Li+]. The minimum Gasteiger partial charge on any atom is -0.236 e. The van der Waals surface area contributed by atoms with Gasteiger partial charge in [0.15, 0.2) is 0 Å². The third-order valence-corrected chi connectivity index (χ3v) is 1.22. The molecule has 1 rings (SSSR count). The average Bonchev–Trinajstić information content (AvgIpc) is 1.80. The predicted octanol–water partition coefficient (Wildman–Crippen LogP) is -0.753. The van der Waals surface area contributed by atoms with Crippen LogP contribution in [0.2, 0.25) is 0 Å². The summed E-state index contributed by atoms with van der Waals surface area (Å²) in [6.45, 7) is 3.65. The van der Waals surface area contributed by atoms with Gasteiger partial charge < -0.3 is 0 Å². The van der Waals surface area contributed by atoms with Crippen LogP contribution in [-0.2, 0) is 0 Å². The number of aryl methyl sites for hydroxylation is 2. The van der Waals surface area contributed by atoms with E-state index in [2.05, 4.69) is 6.07 Å². The molecule has 0 unspecified atom stereocenters. The van der Waals surface area contributed by atoms with Gasteiger partial charge >= 0.3 is 18.9 Å². The maximum atomic E-state index is 12.4. The van der Waals surface area contributed by atoms with Crippen molar-refractivity contribution in [2.45, 2.75) is 13.8 Å². The van der Waals surface area contributed by atoms with Crippen molar-refractivity contribution in [2.24, 2.45) is 0 Å². The van der Waals surface area contributed by atoms with Gasteiger partial charge in [-0.15, -0.1) is 11.6 Å². The fourth-order valence-corrected chi connectivity index (χ4v) is 0.738. The summed E-state index contributed by atoms with van der Waals surface area (Å²) in [7, 11) is 0. The molecule has 0 aliphatic heterocycles. The molecule has 0 N–H and O–H groups in total. The predicted molar refractivity (Wildman–Crippen MR) is 34.7 cm³/mol. The molecular formula is C8H8FLi. The minimum atomic E-state index is -0.249. The molecule has 2 heteroatoms. The van der Waals surface area contributed by atoms with Crippen molar-refractivity contribution in [2.75, 3.05) is 0 Å².